The molecule has 0 N–H and O–H groups in total. The Morgan fingerprint density at radius 3 is 1.76 bits per heavy atom. The lowest BCUT2D eigenvalue weighted by molar-refractivity contribution is 1.67. The van der Waals surface area contributed by atoms with E-state index in [1.54, 1.807) is 0 Å². The fourth-order valence-corrected chi connectivity index (χ4v) is 9.72. The van der Waals surface area contributed by atoms with Crippen LogP contribution in [0.5, 0.6) is 0 Å². The van der Waals surface area contributed by atoms with Gasteiger partial charge in [-0.3, -0.25) is 0 Å². The third-order valence-corrected chi connectivity index (χ3v) is 12.9. The topological polar surface area (TPSA) is 0 Å². The SMILES string of the molecule is CSC(C)=C(SC)SSC(SC)(SC)C(C)=S. The van der Waals surface area contributed by atoms with E-state index in [4.69, 9.17) is 12.2 Å². The van der Waals surface area contributed by atoms with Crippen molar-refractivity contribution < 1.29 is 0 Å². The van der Waals surface area contributed by atoms with Crippen molar-refractivity contribution in [1.82, 2.24) is 0 Å². The third kappa shape index (κ3) is 5.83. The molecule has 0 aromatic heterocycles. The van der Waals surface area contributed by atoms with E-state index in [2.05, 4.69) is 31.9 Å². The van der Waals surface area contributed by atoms with Gasteiger partial charge in [0.25, 0.3) is 0 Å². The first kappa shape index (κ1) is 18.9. The van der Waals surface area contributed by atoms with Crippen molar-refractivity contribution in [2.45, 2.75) is 17.3 Å². The van der Waals surface area contributed by atoms with Crippen LogP contribution in [0, 0.1) is 0 Å². The van der Waals surface area contributed by atoms with E-state index in [1.807, 2.05) is 75.6 Å². The number of thioether (sulfide) groups is 4. The minimum atomic E-state index is -0.0142. The Morgan fingerprint density at radius 1 is 0.941 bits per heavy atom. The standard InChI is InChI=1S/C10H18S7/c1-7(12-3)9(13-4)16-17-10(14-5,15-6)8(2)11/h1-6H3. The van der Waals surface area contributed by atoms with Gasteiger partial charge in [0.1, 0.15) is 3.41 Å². The molecule has 0 aliphatic heterocycles. The molecular formula is C10H18S7. The zero-order valence-corrected chi connectivity index (χ0v) is 16.6. The smallest absolute Gasteiger partial charge is 0.133 e. The second kappa shape index (κ2) is 9.77. The van der Waals surface area contributed by atoms with Crippen LogP contribution in [0.1, 0.15) is 13.8 Å². The summed E-state index contributed by atoms with van der Waals surface area (Å²) in [6, 6.07) is 0. The summed E-state index contributed by atoms with van der Waals surface area (Å²) in [7, 11) is 3.71. The second-order valence-corrected chi connectivity index (χ2v) is 10.8. The Morgan fingerprint density at radius 2 is 1.47 bits per heavy atom. The predicted molar refractivity (Wildman–Crippen MR) is 103 cm³/mol. The molecule has 0 aromatic carbocycles. The van der Waals surface area contributed by atoms with Crippen molar-refractivity contribution in [2.24, 2.45) is 0 Å². The maximum atomic E-state index is 5.41. The van der Waals surface area contributed by atoms with Crippen LogP contribution in [-0.4, -0.2) is 33.3 Å². The number of hydrogen-bond donors (Lipinski definition) is 0. The van der Waals surface area contributed by atoms with Crippen molar-refractivity contribution in [3.05, 3.63) is 9.14 Å². The quantitative estimate of drug-likeness (QED) is 0.289. The Balaban J connectivity index is 4.77. The Hall–Kier alpha value is 1.93. The summed E-state index contributed by atoms with van der Waals surface area (Å²) in [6.45, 7) is 4.22. The molecule has 0 unspecified atom stereocenters. The Labute approximate surface area is 136 Å². The van der Waals surface area contributed by atoms with E-state index < -0.39 is 0 Å². The molecule has 0 aliphatic carbocycles. The molecule has 7 heteroatoms. The van der Waals surface area contributed by atoms with Gasteiger partial charge in [0.15, 0.2) is 0 Å². The zero-order valence-electron chi connectivity index (χ0n) is 10.9. The molecule has 0 saturated carbocycles. The van der Waals surface area contributed by atoms with Gasteiger partial charge in [-0.2, -0.15) is 0 Å². The van der Waals surface area contributed by atoms with E-state index in [-0.39, 0.29) is 3.41 Å². The van der Waals surface area contributed by atoms with Crippen molar-refractivity contribution in [3.8, 4) is 0 Å². The number of thiocarbonyl (C=S) groups is 1. The molecule has 0 amide bonds. The highest BCUT2D eigenvalue weighted by atomic mass is 33.1. The van der Waals surface area contributed by atoms with Gasteiger partial charge in [0, 0.05) is 9.77 Å². The maximum Gasteiger partial charge on any atom is 0.148 e. The number of rotatable bonds is 8. The molecule has 0 fully saturated rings. The molecule has 0 bridgehead atoms. The second-order valence-electron chi connectivity index (χ2n) is 2.94. The summed E-state index contributed by atoms with van der Waals surface area (Å²) in [5.74, 6) is 0. The molecule has 0 spiro atoms. The average molecular weight is 363 g/mol. The summed E-state index contributed by atoms with van der Waals surface area (Å²) in [5, 5.41) is 0. The van der Waals surface area contributed by atoms with Gasteiger partial charge < -0.3 is 0 Å². The number of allylic oxidation sites excluding steroid dienone is 1. The molecule has 100 valence electrons. The van der Waals surface area contributed by atoms with Crippen LogP contribution in [-0.2, 0) is 0 Å². The highest BCUT2D eigenvalue weighted by Crippen LogP contribution is 2.55. The van der Waals surface area contributed by atoms with Crippen LogP contribution < -0.4 is 0 Å². The van der Waals surface area contributed by atoms with Crippen LogP contribution in [0.25, 0.3) is 0 Å². The lowest BCUT2D eigenvalue weighted by Crippen LogP contribution is -2.21. The molecule has 0 radical (unpaired) electrons. The van der Waals surface area contributed by atoms with Gasteiger partial charge >= 0.3 is 0 Å². The lowest BCUT2D eigenvalue weighted by atomic mass is 10.5. The van der Waals surface area contributed by atoms with Crippen LogP contribution in [0.15, 0.2) is 9.14 Å². The van der Waals surface area contributed by atoms with Crippen LogP contribution in [0.4, 0.5) is 0 Å². The molecule has 0 heterocycles. The van der Waals surface area contributed by atoms with Crippen LogP contribution >= 0.6 is 80.9 Å². The van der Waals surface area contributed by atoms with Gasteiger partial charge in [0.05, 0.1) is 4.24 Å². The first-order chi connectivity index (χ1) is 7.97. The first-order valence-corrected chi connectivity index (χ1v) is 12.2. The normalized spacial score (nSPS) is 13.5. The van der Waals surface area contributed by atoms with Gasteiger partial charge in [-0.15, -0.1) is 47.0 Å². The van der Waals surface area contributed by atoms with Gasteiger partial charge in [-0.1, -0.05) is 23.0 Å². The molecule has 0 saturated heterocycles. The van der Waals surface area contributed by atoms with E-state index in [0.717, 1.165) is 4.86 Å². The zero-order chi connectivity index (χ0) is 13.5. The summed E-state index contributed by atoms with van der Waals surface area (Å²) in [4.78, 5) is 2.44. The van der Waals surface area contributed by atoms with E-state index in [1.165, 1.54) is 9.14 Å². The first-order valence-electron chi connectivity index (χ1n) is 4.73. The Bertz CT molecular complexity index is 280. The molecule has 0 rings (SSSR count). The van der Waals surface area contributed by atoms with Crippen LogP contribution in [0.2, 0.25) is 0 Å². The maximum absolute atomic E-state index is 5.41. The monoisotopic (exact) mass is 362 g/mol. The van der Waals surface area contributed by atoms with Crippen molar-refractivity contribution in [3.63, 3.8) is 0 Å². The highest BCUT2D eigenvalue weighted by molar-refractivity contribution is 8.84. The lowest BCUT2D eigenvalue weighted by Gasteiger charge is -2.28. The summed E-state index contributed by atoms with van der Waals surface area (Å²) in [5.41, 5.74) is 0. The Kier molecular flexibility index (Phi) is 10.9. The highest BCUT2D eigenvalue weighted by Gasteiger charge is 2.32. The van der Waals surface area contributed by atoms with Gasteiger partial charge in [-0.25, -0.2) is 0 Å². The number of hydrogen-bond acceptors (Lipinski definition) is 7. The summed E-state index contributed by atoms with van der Waals surface area (Å²) in [6.07, 6.45) is 8.51. The molecule has 0 aromatic rings. The van der Waals surface area contributed by atoms with E-state index >= 15 is 0 Å². The predicted octanol–water partition coefficient (Wildman–Crippen LogP) is 6.05. The van der Waals surface area contributed by atoms with E-state index in [9.17, 15) is 0 Å². The minimum Gasteiger partial charge on any atom is -0.133 e. The van der Waals surface area contributed by atoms with Crippen LogP contribution in [0.3, 0.4) is 0 Å². The summed E-state index contributed by atoms with van der Waals surface area (Å²) < 4.78 is 1.37. The van der Waals surface area contributed by atoms with Gasteiger partial charge in [0.2, 0.25) is 0 Å². The van der Waals surface area contributed by atoms with E-state index in [0.29, 0.717) is 0 Å². The molecule has 17 heavy (non-hydrogen) atoms. The fourth-order valence-electron chi connectivity index (χ4n) is 0.910. The minimum absolute atomic E-state index is 0.0142. The molecule has 0 aliphatic rings. The largest absolute Gasteiger partial charge is 0.148 e. The molecular weight excluding hydrogens is 345 g/mol. The average Bonchev–Trinajstić information content (AvgIpc) is 2.34. The molecule has 0 atom stereocenters. The van der Waals surface area contributed by atoms with Crippen molar-refractivity contribution in [2.75, 3.05) is 25.0 Å². The molecule has 0 nitrogen and oxygen atoms in total. The fraction of sp³-hybridized carbons (Fsp3) is 0.700. The third-order valence-electron chi connectivity index (χ3n) is 1.97. The van der Waals surface area contributed by atoms with Gasteiger partial charge in [-0.05, 0) is 49.7 Å². The van der Waals surface area contributed by atoms with Crippen molar-refractivity contribution >= 4 is 85.7 Å². The van der Waals surface area contributed by atoms with Crippen molar-refractivity contribution in [1.29, 1.82) is 0 Å². The summed E-state index contributed by atoms with van der Waals surface area (Å²) >= 11 is 12.7.